The molecule has 0 bridgehead atoms. The summed E-state index contributed by atoms with van der Waals surface area (Å²) in [5, 5.41) is 0.580. The second-order valence-electron chi connectivity index (χ2n) is 8.64. The van der Waals surface area contributed by atoms with Gasteiger partial charge in [0.25, 0.3) is 5.56 Å². The molecule has 2 aliphatic rings. The lowest BCUT2D eigenvalue weighted by Crippen LogP contribution is -2.39. The van der Waals surface area contributed by atoms with E-state index in [4.69, 9.17) is 16.3 Å². The number of fused-ring (bicyclic) bond motifs is 1. The lowest BCUT2D eigenvalue weighted by molar-refractivity contribution is -0.139. The first-order chi connectivity index (χ1) is 17.0. The molecule has 35 heavy (non-hydrogen) atoms. The predicted molar refractivity (Wildman–Crippen MR) is 140 cm³/mol. The molecule has 6 nitrogen and oxygen atoms in total. The first kappa shape index (κ1) is 23.6. The summed E-state index contributed by atoms with van der Waals surface area (Å²) in [4.78, 5) is 34.1. The minimum atomic E-state index is -0.637. The molecule has 1 fully saturated rings. The molecule has 2 aliphatic heterocycles. The first-order valence-corrected chi connectivity index (χ1v) is 13.0. The average molecular weight is 508 g/mol. The maximum Gasteiger partial charge on any atom is 0.338 e. The SMILES string of the molecule is CCOC(=O)C1=C(C)N=c2s/c(=C/c3ccc(N4CCCC4)cc3)c(=O)n2[C@@H]1c1ccc(Cl)cc1. The molecular formula is C27H26ClN3O3S. The number of thiazole rings is 1. The third kappa shape index (κ3) is 4.58. The van der Waals surface area contributed by atoms with E-state index in [2.05, 4.69) is 22.0 Å². The highest BCUT2D eigenvalue weighted by Gasteiger charge is 2.33. The van der Waals surface area contributed by atoms with Gasteiger partial charge in [-0.25, -0.2) is 9.79 Å². The number of esters is 1. The summed E-state index contributed by atoms with van der Waals surface area (Å²) in [6.45, 7) is 5.95. The number of carbonyl (C=O) groups excluding carboxylic acids is 1. The lowest BCUT2D eigenvalue weighted by atomic mass is 9.96. The molecule has 3 aromatic rings. The largest absolute Gasteiger partial charge is 0.463 e. The van der Waals surface area contributed by atoms with Crippen molar-refractivity contribution in [1.82, 2.24) is 4.57 Å². The molecular weight excluding hydrogens is 482 g/mol. The Balaban J connectivity index is 1.60. The zero-order valence-corrected chi connectivity index (χ0v) is 21.2. The number of benzene rings is 2. The van der Waals surface area contributed by atoms with Crippen LogP contribution in [0.4, 0.5) is 5.69 Å². The fourth-order valence-corrected chi connectivity index (χ4v) is 5.83. The highest BCUT2D eigenvalue weighted by Crippen LogP contribution is 2.31. The van der Waals surface area contributed by atoms with Gasteiger partial charge in [0, 0.05) is 23.8 Å². The van der Waals surface area contributed by atoms with Gasteiger partial charge < -0.3 is 9.64 Å². The zero-order valence-electron chi connectivity index (χ0n) is 19.7. The monoisotopic (exact) mass is 507 g/mol. The summed E-state index contributed by atoms with van der Waals surface area (Å²) >= 11 is 7.43. The molecule has 1 atom stereocenters. The van der Waals surface area contributed by atoms with E-state index in [1.165, 1.54) is 29.9 Å². The van der Waals surface area contributed by atoms with Crippen LogP contribution in [0.25, 0.3) is 6.08 Å². The molecule has 0 spiro atoms. The topological polar surface area (TPSA) is 63.9 Å². The van der Waals surface area contributed by atoms with Crippen LogP contribution in [-0.2, 0) is 9.53 Å². The molecule has 0 radical (unpaired) electrons. The minimum Gasteiger partial charge on any atom is -0.463 e. The number of carbonyl (C=O) groups is 1. The number of hydrogen-bond donors (Lipinski definition) is 0. The van der Waals surface area contributed by atoms with Crippen molar-refractivity contribution in [2.75, 3.05) is 24.6 Å². The maximum atomic E-state index is 13.7. The smallest absolute Gasteiger partial charge is 0.338 e. The molecule has 5 rings (SSSR count). The van der Waals surface area contributed by atoms with Crippen molar-refractivity contribution in [3.63, 3.8) is 0 Å². The molecule has 180 valence electrons. The van der Waals surface area contributed by atoms with Gasteiger partial charge in [-0.3, -0.25) is 9.36 Å². The number of nitrogens with zero attached hydrogens (tertiary/aromatic N) is 3. The van der Waals surface area contributed by atoms with E-state index in [1.54, 1.807) is 30.5 Å². The zero-order chi connectivity index (χ0) is 24.5. The number of allylic oxidation sites excluding steroid dienone is 1. The van der Waals surface area contributed by atoms with Gasteiger partial charge in [0.2, 0.25) is 0 Å². The lowest BCUT2D eigenvalue weighted by Gasteiger charge is -2.24. The van der Waals surface area contributed by atoms with Crippen LogP contribution in [0.1, 0.15) is 43.9 Å². The van der Waals surface area contributed by atoms with Gasteiger partial charge >= 0.3 is 5.97 Å². The molecule has 0 saturated carbocycles. The van der Waals surface area contributed by atoms with Gasteiger partial charge in [-0.15, -0.1) is 0 Å². The van der Waals surface area contributed by atoms with Crippen LogP contribution >= 0.6 is 22.9 Å². The van der Waals surface area contributed by atoms with Gasteiger partial charge in [-0.05, 0) is 68.2 Å². The highest BCUT2D eigenvalue weighted by molar-refractivity contribution is 7.07. The molecule has 0 aliphatic carbocycles. The second kappa shape index (κ2) is 9.84. The predicted octanol–water partition coefficient (Wildman–Crippen LogP) is 4.05. The van der Waals surface area contributed by atoms with Crippen molar-refractivity contribution in [2.45, 2.75) is 32.7 Å². The number of ether oxygens (including phenoxy) is 1. The molecule has 0 amide bonds. The van der Waals surface area contributed by atoms with Gasteiger partial charge in [0.1, 0.15) is 0 Å². The Kier molecular flexibility index (Phi) is 6.62. The van der Waals surface area contributed by atoms with Gasteiger partial charge in [0.15, 0.2) is 4.80 Å². The molecule has 0 N–H and O–H groups in total. The van der Waals surface area contributed by atoms with Crippen LogP contribution in [0.3, 0.4) is 0 Å². The second-order valence-corrected chi connectivity index (χ2v) is 10.1. The van der Waals surface area contributed by atoms with E-state index in [-0.39, 0.29) is 12.2 Å². The summed E-state index contributed by atoms with van der Waals surface area (Å²) in [5.41, 5.74) is 3.65. The van der Waals surface area contributed by atoms with Crippen LogP contribution in [0.15, 0.2) is 69.6 Å². The van der Waals surface area contributed by atoms with E-state index in [0.29, 0.717) is 25.6 Å². The third-order valence-corrected chi connectivity index (χ3v) is 7.60. The number of hydrogen-bond acceptors (Lipinski definition) is 6. The first-order valence-electron chi connectivity index (χ1n) is 11.8. The van der Waals surface area contributed by atoms with E-state index in [1.807, 2.05) is 30.3 Å². The standard InChI is InChI=1S/C27H26ClN3O3S/c1-3-34-26(33)23-17(2)29-27-31(24(23)19-8-10-20(28)11-9-19)25(32)22(35-27)16-18-6-12-21(13-7-18)30-14-4-5-15-30/h6-13,16,24H,3-5,14-15H2,1-2H3/b22-16+/t24-/m1/s1. The van der Waals surface area contributed by atoms with Crippen molar-refractivity contribution >= 4 is 40.7 Å². The van der Waals surface area contributed by atoms with Crippen molar-refractivity contribution in [2.24, 2.45) is 4.99 Å². The maximum absolute atomic E-state index is 13.7. The van der Waals surface area contributed by atoms with E-state index < -0.39 is 12.0 Å². The summed E-state index contributed by atoms with van der Waals surface area (Å²) in [5.74, 6) is -0.472. The van der Waals surface area contributed by atoms with E-state index >= 15 is 0 Å². The van der Waals surface area contributed by atoms with Crippen molar-refractivity contribution in [1.29, 1.82) is 0 Å². The number of halogens is 1. The minimum absolute atomic E-state index is 0.188. The Labute approximate surface area is 212 Å². The van der Waals surface area contributed by atoms with Gasteiger partial charge in [0.05, 0.1) is 28.5 Å². The summed E-state index contributed by atoms with van der Waals surface area (Å²) < 4.78 is 7.49. The summed E-state index contributed by atoms with van der Waals surface area (Å²) in [7, 11) is 0. The van der Waals surface area contributed by atoms with Crippen LogP contribution in [0.2, 0.25) is 5.02 Å². The normalized spacial score (nSPS) is 18.0. The van der Waals surface area contributed by atoms with E-state index in [0.717, 1.165) is 24.2 Å². The molecule has 1 aromatic heterocycles. The number of anilines is 1. The summed E-state index contributed by atoms with van der Waals surface area (Å²) in [6, 6.07) is 14.8. The Hall–Kier alpha value is -3.16. The van der Waals surface area contributed by atoms with Crippen LogP contribution in [-0.4, -0.2) is 30.2 Å². The molecule has 8 heteroatoms. The fourth-order valence-electron chi connectivity index (χ4n) is 4.66. The third-order valence-electron chi connectivity index (χ3n) is 6.36. The number of rotatable bonds is 5. The van der Waals surface area contributed by atoms with E-state index in [9.17, 15) is 9.59 Å². The molecule has 2 aromatic carbocycles. The van der Waals surface area contributed by atoms with Crippen molar-refractivity contribution < 1.29 is 9.53 Å². The van der Waals surface area contributed by atoms with Crippen LogP contribution in [0.5, 0.6) is 0 Å². The van der Waals surface area contributed by atoms with Crippen molar-refractivity contribution in [3.05, 3.63) is 95.6 Å². The molecule has 0 unspecified atom stereocenters. The Bertz CT molecular complexity index is 1460. The number of aromatic nitrogens is 1. The quantitative estimate of drug-likeness (QED) is 0.489. The van der Waals surface area contributed by atoms with Gasteiger partial charge in [-0.2, -0.15) is 0 Å². The Morgan fingerprint density at radius 2 is 1.83 bits per heavy atom. The van der Waals surface area contributed by atoms with Crippen LogP contribution < -0.4 is 19.8 Å². The van der Waals surface area contributed by atoms with Crippen LogP contribution in [0, 0.1) is 0 Å². The Morgan fingerprint density at radius 1 is 1.14 bits per heavy atom. The summed E-state index contributed by atoms with van der Waals surface area (Å²) in [6.07, 6.45) is 4.34. The fraction of sp³-hybridized carbons (Fsp3) is 0.296. The van der Waals surface area contributed by atoms with Gasteiger partial charge in [-0.1, -0.05) is 47.2 Å². The molecule has 1 saturated heterocycles. The Morgan fingerprint density at radius 3 is 2.49 bits per heavy atom. The highest BCUT2D eigenvalue weighted by atomic mass is 35.5. The van der Waals surface area contributed by atoms with Crippen molar-refractivity contribution in [3.8, 4) is 0 Å². The average Bonchev–Trinajstić information content (AvgIpc) is 3.48. The molecule has 3 heterocycles.